The molecule has 2 aliphatic heterocycles. The molecule has 7 heteroatoms. The van der Waals surface area contributed by atoms with Crippen LogP contribution in [0.25, 0.3) is 0 Å². The number of hydrogen-bond donors (Lipinski definition) is 2. The van der Waals surface area contributed by atoms with E-state index >= 15 is 0 Å². The Morgan fingerprint density at radius 2 is 1.89 bits per heavy atom. The SMILES string of the molecule is COC1CC(=O)[C@]2(C)[C@H]3CC[C@]4(C)C([C@H](C)C5CC(C)=C(CO)C(=O)O5)CC[C@H]4[C@@H]3C[C@H]3O[C@]32[C@H]1O. The number of Topliss-reactive ketones (excluding diaryl/α,β-unsaturated/α-hetero) is 1. The molecule has 12 atom stereocenters. The van der Waals surface area contributed by atoms with Gasteiger partial charge in [0.25, 0.3) is 0 Å². The van der Waals surface area contributed by atoms with Crippen molar-refractivity contribution in [3.63, 3.8) is 0 Å². The van der Waals surface area contributed by atoms with Gasteiger partial charge < -0.3 is 24.4 Å². The number of esters is 1. The summed E-state index contributed by atoms with van der Waals surface area (Å²) >= 11 is 0. The van der Waals surface area contributed by atoms with Gasteiger partial charge in [-0.15, -0.1) is 0 Å². The zero-order valence-electron chi connectivity index (χ0n) is 22.3. The number of carbonyl (C=O) groups is 2. The Labute approximate surface area is 213 Å². The molecule has 0 aromatic rings. The van der Waals surface area contributed by atoms with Crippen LogP contribution in [-0.4, -0.2) is 65.7 Å². The molecule has 0 amide bonds. The third-order valence-electron chi connectivity index (χ3n) is 12.3. The van der Waals surface area contributed by atoms with Crippen molar-refractivity contribution in [1.29, 1.82) is 0 Å². The van der Waals surface area contributed by atoms with Crippen LogP contribution < -0.4 is 0 Å². The van der Waals surface area contributed by atoms with Crippen LogP contribution in [0.3, 0.4) is 0 Å². The second kappa shape index (κ2) is 8.11. The molecule has 200 valence electrons. The van der Waals surface area contributed by atoms with Crippen molar-refractivity contribution in [3.8, 4) is 0 Å². The maximum Gasteiger partial charge on any atom is 0.336 e. The van der Waals surface area contributed by atoms with E-state index in [9.17, 15) is 19.8 Å². The van der Waals surface area contributed by atoms with E-state index in [0.29, 0.717) is 29.7 Å². The molecule has 1 saturated heterocycles. The molecule has 0 aromatic carbocycles. The molecule has 6 rings (SSSR count). The van der Waals surface area contributed by atoms with Crippen LogP contribution in [0.2, 0.25) is 0 Å². The van der Waals surface area contributed by atoms with Gasteiger partial charge in [0.05, 0.1) is 29.8 Å². The maximum atomic E-state index is 13.7. The van der Waals surface area contributed by atoms with E-state index in [1.165, 1.54) is 0 Å². The molecular formula is C29H42O7. The monoisotopic (exact) mass is 502 g/mol. The van der Waals surface area contributed by atoms with Crippen LogP contribution >= 0.6 is 0 Å². The summed E-state index contributed by atoms with van der Waals surface area (Å²) in [5, 5.41) is 20.8. The molecule has 6 aliphatic rings. The quantitative estimate of drug-likeness (QED) is 0.449. The van der Waals surface area contributed by atoms with Crippen molar-refractivity contribution in [3.05, 3.63) is 11.1 Å². The second-order valence-corrected chi connectivity index (χ2v) is 13.2. The van der Waals surface area contributed by atoms with Gasteiger partial charge in [0.15, 0.2) is 0 Å². The zero-order valence-corrected chi connectivity index (χ0v) is 22.3. The van der Waals surface area contributed by atoms with E-state index in [0.717, 1.165) is 37.7 Å². The fourth-order valence-electron chi connectivity index (χ4n) is 10.2. The van der Waals surface area contributed by atoms with E-state index in [1.54, 1.807) is 7.11 Å². The van der Waals surface area contributed by atoms with E-state index in [1.807, 2.05) is 6.92 Å². The van der Waals surface area contributed by atoms with Gasteiger partial charge in [-0.05, 0) is 81.0 Å². The summed E-state index contributed by atoms with van der Waals surface area (Å²) in [5.74, 6) is 1.61. The lowest BCUT2D eigenvalue weighted by molar-refractivity contribution is -0.183. The Morgan fingerprint density at radius 3 is 2.56 bits per heavy atom. The number of aliphatic hydroxyl groups excluding tert-OH is 2. The number of ketones is 1. The normalized spacial score (nSPS) is 52.6. The van der Waals surface area contributed by atoms with Crippen LogP contribution in [0.5, 0.6) is 0 Å². The predicted octanol–water partition coefficient (Wildman–Crippen LogP) is 3.20. The number of cyclic esters (lactones) is 1. The number of methoxy groups -OCH3 is 1. The summed E-state index contributed by atoms with van der Waals surface area (Å²) in [6.45, 7) is 8.42. The summed E-state index contributed by atoms with van der Waals surface area (Å²) in [4.78, 5) is 26.2. The predicted molar refractivity (Wildman–Crippen MR) is 131 cm³/mol. The van der Waals surface area contributed by atoms with Crippen molar-refractivity contribution in [2.24, 2.45) is 40.4 Å². The fourth-order valence-corrected chi connectivity index (χ4v) is 10.2. The minimum atomic E-state index is -0.784. The molecule has 36 heavy (non-hydrogen) atoms. The van der Waals surface area contributed by atoms with Crippen LogP contribution in [0.4, 0.5) is 0 Å². The number of rotatable bonds is 4. The Bertz CT molecular complexity index is 1010. The maximum absolute atomic E-state index is 13.7. The first-order valence-corrected chi connectivity index (χ1v) is 14.0. The summed E-state index contributed by atoms with van der Waals surface area (Å²) in [7, 11) is 1.57. The van der Waals surface area contributed by atoms with Crippen molar-refractivity contribution in [1.82, 2.24) is 0 Å². The number of hydrogen-bond acceptors (Lipinski definition) is 7. The van der Waals surface area contributed by atoms with E-state index in [4.69, 9.17) is 14.2 Å². The standard InChI is InChI=1S/C29H42O7/c1-14-10-21(35-26(33)17(14)13-30)15(2)18-6-7-19-16-11-24-29(36-24)25(32)22(34-5)12-23(31)28(29,4)20(16)8-9-27(18,19)3/h15-16,18-22,24-25,30,32H,6-13H2,1-5H3/t15-,16-,18?,19-,20-,21?,22?,24+,25-,27+,28-,29-/m0/s1. The molecule has 3 unspecified atom stereocenters. The number of ether oxygens (including phenoxy) is 3. The third kappa shape index (κ3) is 2.95. The Hall–Kier alpha value is -1.28. The highest BCUT2D eigenvalue weighted by atomic mass is 16.6. The highest BCUT2D eigenvalue weighted by Gasteiger charge is 2.82. The van der Waals surface area contributed by atoms with Gasteiger partial charge in [0.2, 0.25) is 0 Å². The molecule has 2 N–H and O–H groups in total. The topological polar surface area (TPSA) is 106 Å². The lowest BCUT2D eigenvalue weighted by Gasteiger charge is -2.59. The Morgan fingerprint density at radius 1 is 1.14 bits per heavy atom. The van der Waals surface area contributed by atoms with Crippen LogP contribution in [-0.2, 0) is 23.8 Å². The number of fused-ring (bicyclic) bond motifs is 4. The van der Waals surface area contributed by atoms with Gasteiger partial charge in [0, 0.05) is 20.0 Å². The number of epoxide rings is 1. The summed E-state index contributed by atoms with van der Waals surface area (Å²) in [5.41, 5.74) is 0.0291. The summed E-state index contributed by atoms with van der Waals surface area (Å²) in [6, 6.07) is 0. The minimum absolute atomic E-state index is 0.0801. The van der Waals surface area contributed by atoms with Crippen LogP contribution in [0.15, 0.2) is 11.1 Å². The molecule has 2 heterocycles. The molecule has 0 radical (unpaired) electrons. The van der Waals surface area contributed by atoms with Crippen molar-refractivity contribution in [2.75, 3.05) is 13.7 Å². The smallest absolute Gasteiger partial charge is 0.336 e. The van der Waals surface area contributed by atoms with Crippen molar-refractivity contribution < 1.29 is 34.0 Å². The molecule has 1 spiro atoms. The lowest BCUT2D eigenvalue weighted by atomic mass is 9.43. The molecule has 4 aliphatic carbocycles. The van der Waals surface area contributed by atoms with Crippen LogP contribution in [0.1, 0.15) is 72.6 Å². The molecular weight excluding hydrogens is 460 g/mol. The van der Waals surface area contributed by atoms with Crippen LogP contribution in [0, 0.1) is 40.4 Å². The summed E-state index contributed by atoms with van der Waals surface area (Å²) < 4.78 is 17.7. The van der Waals surface area contributed by atoms with Gasteiger partial charge in [-0.2, -0.15) is 0 Å². The van der Waals surface area contributed by atoms with Gasteiger partial charge in [-0.3, -0.25) is 4.79 Å². The van der Waals surface area contributed by atoms with Gasteiger partial charge in [-0.25, -0.2) is 4.79 Å². The highest BCUT2D eigenvalue weighted by molar-refractivity contribution is 5.90. The molecule has 7 nitrogen and oxygen atoms in total. The Kier molecular flexibility index (Phi) is 5.64. The third-order valence-corrected chi connectivity index (χ3v) is 12.3. The zero-order chi connectivity index (χ0) is 25.8. The first-order chi connectivity index (χ1) is 17.0. The van der Waals surface area contributed by atoms with Gasteiger partial charge in [-0.1, -0.05) is 19.4 Å². The lowest BCUT2D eigenvalue weighted by Crippen LogP contribution is -2.68. The minimum Gasteiger partial charge on any atom is -0.458 e. The number of carbonyl (C=O) groups excluding carboxylic acids is 2. The highest BCUT2D eigenvalue weighted by Crippen LogP contribution is 2.73. The van der Waals surface area contributed by atoms with Gasteiger partial charge in [0.1, 0.15) is 23.6 Å². The average molecular weight is 503 g/mol. The molecule has 0 bridgehead atoms. The molecule has 5 fully saturated rings. The Balaban J connectivity index is 1.26. The number of aliphatic hydroxyl groups is 2. The average Bonchev–Trinajstić information content (AvgIpc) is 3.47. The van der Waals surface area contributed by atoms with Crippen molar-refractivity contribution >= 4 is 11.8 Å². The first-order valence-electron chi connectivity index (χ1n) is 14.0. The van der Waals surface area contributed by atoms with Crippen molar-refractivity contribution in [2.45, 2.75) is 103 Å². The first kappa shape index (κ1) is 25.0. The van der Waals surface area contributed by atoms with Gasteiger partial charge >= 0.3 is 5.97 Å². The molecule has 4 saturated carbocycles. The molecule has 0 aromatic heterocycles. The van der Waals surface area contributed by atoms with E-state index < -0.39 is 23.2 Å². The second-order valence-electron chi connectivity index (χ2n) is 13.2. The largest absolute Gasteiger partial charge is 0.458 e. The fraction of sp³-hybridized carbons (Fsp3) is 0.862. The van der Waals surface area contributed by atoms with E-state index in [2.05, 4.69) is 20.8 Å². The van der Waals surface area contributed by atoms with E-state index in [-0.39, 0.29) is 54.2 Å². The summed E-state index contributed by atoms with van der Waals surface area (Å²) in [6.07, 6.45) is 4.59.